The van der Waals surface area contributed by atoms with E-state index in [1.54, 1.807) is 31.2 Å². The van der Waals surface area contributed by atoms with E-state index < -0.39 is 21.2 Å². The van der Waals surface area contributed by atoms with Crippen molar-refractivity contribution in [3.8, 4) is 0 Å². The summed E-state index contributed by atoms with van der Waals surface area (Å²) in [6.45, 7) is 1.58. The summed E-state index contributed by atoms with van der Waals surface area (Å²) in [7, 11) is -3.47. The predicted molar refractivity (Wildman–Crippen MR) is 101 cm³/mol. The van der Waals surface area contributed by atoms with Crippen molar-refractivity contribution in [2.45, 2.75) is 23.5 Å². The normalized spacial score (nSPS) is 19.7. The Morgan fingerprint density at radius 2 is 1.81 bits per heavy atom. The Bertz CT molecular complexity index is 988. The number of fused-ring (bicyclic) bond motifs is 1. The molecule has 0 aromatic heterocycles. The SMILES string of the molecule is CC1C/C(=N\OC(=O)Nc2ccc(Cl)cc2)c2cc(Cl)ccc2S1(=O)=O. The second kappa shape index (κ2) is 7.26. The second-order valence-electron chi connectivity index (χ2n) is 5.75. The van der Waals surface area contributed by atoms with Crippen LogP contribution in [0.3, 0.4) is 0 Å². The fourth-order valence-corrected chi connectivity index (χ4v) is 4.39. The molecular weight excluding hydrogens is 399 g/mol. The van der Waals surface area contributed by atoms with Crippen LogP contribution in [0.5, 0.6) is 0 Å². The lowest BCUT2D eigenvalue weighted by atomic mass is 10.1. The number of nitrogens with zero attached hydrogens (tertiary/aromatic N) is 1. The van der Waals surface area contributed by atoms with E-state index in [1.807, 2.05) is 0 Å². The van der Waals surface area contributed by atoms with Gasteiger partial charge in [-0.25, -0.2) is 13.2 Å². The summed E-state index contributed by atoms with van der Waals surface area (Å²) in [5.74, 6) is 0. The van der Waals surface area contributed by atoms with E-state index in [2.05, 4.69) is 10.5 Å². The van der Waals surface area contributed by atoms with Crippen molar-refractivity contribution in [1.29, 1.82) is 0 Å². The lowest BCUT2D eigenvalue weighted by molar-refractivity contribution is 0.166. The van der Waals surface area contributed by atoms with Crippen molar-refractivity contribution in [3.05, 3.63) is 58.1 Å². The first-order valence-electron chi connectivity index (χ1n) is 7.61. The Labute approximate surface area is 160 Å². The minimum Gasteiger partial charge on any atom is -0.297 e. The molecular formula is C17H14Cl2N2O4S. The van der Waals surface area contributed by atoms with Crippen LogP contribution in [0.1, 0.15) is 18.9 Å². The smallest absolute Gasteiger partial charge is 0.297 e. The van der Waals surface area contributed by atoms with Crippen molar-refractivity contribution in [2.75, 3.05) is 5.32 Å². The van der Waals surface area contributed by atoms with Gasteiger partial charge < -0.3 is 0 Å². The number of rotatable bonds is 2. The van der Waals surface area contributed by atoms with Crippen LogP contribution in [-0.2, 0) is 14.7 Å². The molecule has 0 radical (unpaired) electrons. The summed E-state index contributed by atoms with van der Waals surface area (Å²) in [5.41, 5.74) is 1.17. The zero-order chi connectivity index (χ0) is 18.9. The first-order valence-corrected chi connectivity index (χ1v) is 9.92. The van der Waals surface area contributed by atoms with E-state index >= 15 is 0 Å². The van der Waals surface area contributed by atoms with Gasteiger partial charge in [-0.3, -0.25) is 10.2 Å². The van der Waals surface area contributed by atoms with Gasteiger partial charge in [-0.1, -0.05) is 28.4 Å². The monoisotopic (exact) mass is 412 g/mol. The molecule has 136 valence electrons. The average Bonchev–Trinajstić information content (AvgIpc) is 2.59. The first kappa shape index (κ1) is 18.7. The third kappa shape index (κ3) is 3.85. The second-order valence-corrected chi connectivity index (χ2v) is 8.96. The first-order chi connectivity index (χ1) is 12.3. The van der Waals surface area contributed by atoms with Gasteiger partial charge in [0.1, 0.15) is 0 Å². The van der Waals surface area contributed by atoms with Crippen molar-refractivity contribution >= 4 is 50.5 Å². The third-order valence-electron chi connectivity index (χ3n) is 3.90. The highest BCUT2D eigenvalue weighted by atomic mass is 35.5. The number of carbonyl (C=O) groups excluding carboxylic acids is 1. The molecule has 3 rings (SSSR count). The van der Waals surface area contributed by atoms with E-state index in [1.165, 1.54) is 18.2 Å². The van der Waals surface area contributed by atoms with Crippen molar-refractivity contribution < 1.29 is 18.0 Å². The Morgan fingerprint density at radius 1 is 1.15 bits per heavy atom. The summed E-state index contributed by atoms with van der Waals surface area (Å²) in [5, 5.41) is 6.57. The number of benzene rings is 2. The van der Waals surface area contributed by atoms with Gasteiger partial charge >= 0.3 is 6.09 Å². The molecule has 1 aliphatic heterocycles. The largest absolute Gasteiger partial charge is 0.437 e. The molecule has 1 aliphatic rings. The van der Waals surface area contributed by atoms with Crippen LogP contribution in [0.15, 0.2) is 52.5 Å². The molecule has 1 heterocycles. The molecule has 1 amide bonds. The van der Waals surface area contributed by atoms with E-state index in [-0.39, 0.29) is 11.3 Å². The zero-order valence-electron chi connectivity index (χ0n) is 13.6. The molecule has 0 bridgehead atoms. The van der Waals surface area contributed by atoms with Crippen LogP contribution in [0.25, 0.3) is 0 Å². The van der Waals surface area contributed by atoms with Crippen LogP contribution in [0.4, 0.5) is 10.5 Å². The van der Waals surface area contributed by atoms with Gasteiger partial charge in [0.2, 0.25) is 0 Å². The fourth-order valence-electron chi connectivity index (χ4n) is 2.54. The Kier molecular flexibility index (Phi) is 5.22. The zero-order valence-corrected chi connectivity index (χ0v) is 15.9. The Morgan fingerprint density at radius 3 is 2.50 bits per heavy atom. The maximum Gasteiger partial charge on any atom is 0.437 e. The van der Waals surface area contributed by atoms with E-state index in [4.69, 9.17) is 28.0 Å². The number of hydrogen-bond acceptors (Lipinski definition) is 5. The Hall–Kier alpha value is -2.09. The van der Waals surface area contributed by atoms with Crippen molar-refractivity contribution in [1.82, 2.24) is 0 Å². The summed E-state index contributed by atoms with van der Waals surface area (Å²) in [6.07, 6.45) is -0.686. The minimum absolute atomic E-state index is 0.115. The quantitative estimate of drug-likeness (QED) is 0.580. The topological polar surface area (TPSA) is 84.8 Å². The summed E-state index contributed by atoms with van der Waals surface area (Å²) >= 11 is 11.8. The predicted octanol–water partition coefficient (Wildman–Crippen LogP) is 4.51. The number of hydrogen-bond donors (Lipinski definition) is 1. The van der Waals surface area contributed by atoms with Crippen LogP contribution in [0, 0.1) is 0 Å². The molecule has 0 aliphatic carbocycles. The van der Waals surface area contributed by atoms with Crippen LogP contribution < -0.4 is 5.32 Å². The van der Waals surface area contributed by atoms with Gasteiger partial charge in [0, 0.05) is 27.7 Å². The number of anilines is 1. The average molecular weight is 413 g/mol. The van der Waals surface area contributed by atoms with E-state index in [0.29, 0.717) is 27.0 Å². The van der Waals surface area contributed by atoms with Gasteiger partial charge in [0.25, 0.3) is 0 Å². The minimum atomic E-state index is -3.47. The van der Waals surface area contributed by atoms with Crippen LogP contribution >= 0.6 is 23.2 Å². The molecule has 0 saturated heterocycles. The molecule has 0 saturated carbocycles. The Balaban J connectivity index is 1.83. The maximum atomic E-state index is 12.4. The molecule has 0 fully saturated rings. The highest BCUT2D eigenvalue weighted by Crippen LogP contribution is 2.32. The van der Waals surface area contributed by atoms with Crippen LogP contribution in [-0.4, -0.2) is 25.5 Å². The molecule has 1 atom stereocenters. The standard InChI is InChI=1S/C17H14Cl2N2O4S/c1-10-8-15(14-9-12(19)4-7-16(14)26(10,23)24)21-25-17(22)20-13-5-2-11(18)3-6-13/h2-7,9-10H,8H2,1H3,(H,20,22)/b21-15+. The molecule has 0 spiro atoms. The lowest BCUT2D eigenvalue weighted by Crippen LogP contribution is -2.30. The number of sulfone groups is 1. The fraction of sp³-hybridized carbons (Fsp3) is 0.176. The molecule has 6 nitrogen and oxygen atoms in total. The lowest BCUT2D eigenvalue weighted by Gasteiger charge is -2.23. The highest BCUT2D eigenvalue weighted by Gasteiger charge is 2.34. The number of oxime groups is 1. The van der Waals surface area contributed by atoms with Crippen LogP contribution in [0.2, 0.25) is 10.0 Å². The molecule has 2 aromatic rings. The molecule has 1 N–H and O–H groups in total. The summed E-state index contributed by atoms with van der Waals surface area (Å²) < 4.78 is 24.9. The molecule has 9 heteroatoms. The number of amides is 1. The van der Waals surface area contributed by atoms with E-state index in [0.717, 1.165) is 0 Å². The van der Waals surface area contributed by atoms with Crippen molar-refractivity contribution in [2.24, 2.45) is 5.16 Å². The number of carbonyl (C=O) groups is 1. The van der Waals surface area contributed by atoms with E-state index in [9.17, 15) is 13.2 Å². The van der Waals surface area contributed by atoms with Gasteiger partial charge in [-0.05, 0) is 49.4 Å². The summed E-state index contributed by atoms with van der Waals surface area (Å²) in [6, 6.07) is 10.9. The molecule has 26 heavy (non-hydrogen) atoms. The van der Waals surface area contributed by atoms with Gasteiger partial charge in [0.15, 0.2) is 9.84 Å². The summed E-state index contributed by atoms with van der Waals surface area (Å²) in [4.78, 5) is 16.9. The number of nitrogens with one attached hydrogen (secondary N) is 1. The van der Waals surface area contributed by atoms with Gasteiger partial charge in [-0.2, -0.15) is 0 Å². The highest BCUT2D eigenvalue weighted by molar-refractivity contribution is 7.92. The third-order valence-corrected chi connectivity index (χ3v) is 6.58. The number of halogens is 2. The van der Waals surface area contributed by atoms with Gasteiger partial charge in [-0.15, -0.1) is 0 Å². The molecule has 2 aromatic carbocycles. The van der Waals surface area contributed by atoms with Gasteiger partial charge in [0.05, 0.1) is 15.9 Å². The molecule has 1 unspecified atom stereocenters. The van der Waals surface area contributed by atoms with Crippen molar-refractivity contribution in [3.63, 3.8) is 0 Å². The maximum absolute atomic E-state index is 12.4.